The van der Waals surface area contributed by atoms with E-state index in [4.69, 9.17) is 16.3 Å². The van der Waals surface area contributed by atoms with Crippen LogP contribution in [0.5, 0.6) is 5.75 Å². The third-order valence-corrected chi connectivity index (χ3v) is 5.25. The number of rotatable bonds is 6. The van der Waals surface area contributed by atoms with Gasteiger partial charge >= 0.3 is 0 Å². The van der Waals surface area contributed by atoms with Crippen LogP contribution in [-0.4, -0.2) is 19.7 Å². The summed E-state index contributed by atoms with van der Waals surface area (Å²) in [4.78, 5) is 2.39. The van der Waals surface area contributed by atoms with E-state index in [-0.39, 0.29) is 0 Å². The lowest BCUT2D eigenvalue weighted by Gasteiger charge is -2.29. The average Bonchev–Trinajstić information content (AvgIpc) is 2.63. The van der Waals surface area contributed by atoms with E-state index < -0.39 is 0 Å². The van der Waals surface area contributed by atoms with Gasteiger partial charge in [-0.05, 0) is 62.6 Å². The minimum absolute atomic E-state index is 0.658. The van der Waals surface area contributed by atoms with Crippen molar-refractivity contribution >= 4 is 38.9 Å². The molecular formula is C20H24BrClN2O. The first-order valence-corrected chi connectivity index (χ1v) is 10.0. The highest BCUT2D eigenvalue weighted by atomic mass is 79.9. The van der Waals surface area contributed by atoms with E-state index >= 15 is 0 Å². The summed E-state index contributed by atoms with van der Waals surface area (Å²) < 4.78 is 6.76. The molecule has 0 radical (unpaired) electrons. The Morgan fingerprint density at radius 3 is 2.64 bits per heavy atom. The molecule has 0 spiro atoms. The Hall–Kier alpha value is -1.39. The Balaban J connectivity index is 1.69. The van der Waals surface area contributed by atoms with E-state index in [1.54, 1.807) is 0 Å². The number of hydrogen-bond acceptors (Lipinski definition) is 3. The van der Waals surface area contributed by atoms with Crippen molar-refractivity contribution in [2.75, 3.05) is 29.9 Å². The standard InChI is InChI=1S/C20H24BrClN2O/c1-2-25-20-9-6-16(21)12-15(20)14-23-17-7-8-19(18(22)13-17)24-10-4-3-5-11-24/h6-9,12-13,23H,2-5,10-11,14H2,1H3. The van der Waals surface area contributed by atoms with Gasteiger partial charge in [-0.3, -0.25) is 0 Å². The Bertz CT molecular complexity index is 717. The molecule has 0 aromatic heterocycles. The maximum Gasteiger partial charge on any atom is 0.124 e. The van der Waals surface area contributed by atoms with Gasteiger partial charge in [-0.1, -0.05) is 27.5 Å². The van der Waals surface area contributed by atoms with Gasteiger partial charge in [0.15, 0.2) is 0 Å². The van der Waals surface area contributed by atoms with Crippen LogP contribution in [0.2, 0.25) is 5.02 Å². The Morgan fingerprint density at radius 2 is 1.92 bits per heavy atom. The fourth-order valence-electron chi connectivity index (χ4n) is 3.19. The summed E-state index contributed by atoms with van der Waals surface area (Å²) >= 11 is 10.1. The van der Waals surface area contributed by atoms with Crippen molar-refractivity contribution in [3.8, 4) is 5.75 Å². The van der Waals surface area contributed by atoms with Crippen LogP contribution in [0.3, 0.4) is 0 Å². The van der Waals surface area contributed by atoms with Gasteiger partial charge in [0.05, 0.1) is 17.3 Å². The molecular weight excluding hydrogens is 400 g/mol. The van der Waals surface area contributed by atoms with Crippen molar-refractivity contribution in [1.82, 2.24) is 0 Å². The second kappa shape index (κ2) is 8.81. The van der Waals surface area contributed by atoms with E-state index in [0.29, 0.717) is 13.2 Å². The minimum atomic E-state index is 0.658. The first-order chi connectivity index (χ1) is 12.2. The monoisotopic (exact) mass is 422 g/mol. The molecule has 1 aliphatic rings. The van der Waals surface area contributed by atoms with E-state index in [1.165, 1.54) is 19.3 Å². The van der Waals surface area contributed by atoms with Crippen LogP contribution in [0.4, 0.5) is 11.4 Å². The van der Waals surface area contributed by atoms with Gasteiger partial charge in [-0.25, -0.2) is 0 Å². The minimum Gasteiger partial charge on any atom is -0.494 e. The number of piperidine rings is 1. The summed E-state index contributed by atoms with van der Waals surface area (Å²) in [5.41, 5.74) is 3.28. The summed E-state index contributed by atoms with van der Waals surface area (Å²) in [5, 5.41) is 4.27. The number of nitrogens with one attached hydrogen (secondary N) is 1. The van der Waals surface area contributed by atoms with Crippen molar-refractivity contribution < 1.29 is 4.74 Å². The molecule has 0 bridgehead atoms. The van der Waals surface area contributed by atoms with E-state index in [9.17, 15) is 0 Å². The van der Waals surface area contributed by atoms with Crippen LogP contribution in [-0.2, 0) is 6.54 Å². The normalized spacial score (nSPS) is 14.4. The maximum absolute atomic E-state index is 6.54. The van der Waals surface area contributed by atoms with Gasteiger partial charge < -0.3 is 15.0 Å². The van der Waals surface area contributed by atoms with Crippen LogP contribution in [0.25, 0.3) is 0 Å². The van der Waals surface area contributed by atoms with Gasteiger partial charge in [-0.2, -0.15) is 0 Å². The predicted octanol–water partition coefficient (Wildman–Crippen LogP) is 6.10. The lowest BCUT2D eigenvalue weighted by molar-refractivity contribution is 0.337. The first-order valence-electron chi connectivity index (χ1n) is 8.87. The topological polar surface area (TPSA) is 24.5 Å². The molecule has 0 amide bonds. The van der Waals surface area contributed by atoms with Crippen molar-refractivity contribution in [1.29, 1.82) is 0 Å². The summed E-state index contributed by atoms with van der Waals surface area (Å²) in [6.07, 6.45) is 3.82. The van der Waals surface area contributed by atoms with Gasteiger partial charge in [0, 0.05) is 35.4 Å². The second-order valence-electron chi connectivity index (χ2n) is 6.25. The lowest BCUT2D eigenvalue weighted by Crippen LogP contribution is -2.29. The second-order valence-corrected chi connectivity index (χ2v) is 7.58. The van der Waals surface area contributed by atoms with Crippen LogP contribution in [0, 0.1) is 0 Å². The van der Waals surface area contributed by atoms with Crippen LogP contribution >= 0.6 is 27.5 Å². The van der Waals surface area contributed by atoms with Crippen molar-refractivity contribution in [3.05, 3.63) is 51.5 Å². The molecule has 0 saturated carbocycles. The smallest absolute Gasteiger partial charge is 0.124 e. The molecule has 5 heteroatoms. The molecule has 1 saturated heterocycles. The van der Waals surface area contributed by atoms with E-state index in [2.05, 4.69) is 44.3 Å². The zero-order valence-electron chi connectivity index (χ0n) is 14.5. The molecule has 1 heterocycles. The summed E-state index contributed by atoms with van der Waals surface area (Å²) in [6.45, 7) is 5.54. The molecule has 2 aromatic carbocycles. The molecule has 1 N–H and O–H groups in total. The molecule has 2 aromatic rings. The molecule has 134 valence electrons. The summed E-state index contributed by atoms with van der Waals surface area (Å²) in [7, 11) is 0. The van der Waals surface area contributed by atoms with E-state index in [0.717, 1.165) is 45.3 Å². The molecule has 1 fully saturated rings. The Morgan fingerprint density at radius 1 is 1.12 bits per heavy atom. The molecule has 1 aliphatic heterocycles. The molecule has 0 atom stereocenters. The maximum atomic E-state index is 6.54. The first kappa shape index (κ1) is 18.4. The highest BCUT2D eigenvalue weighted by Gasteiger charge is 2.14. The fraction of sp³-hybridized carbons (Fsp3) is 0.400. The highest BCUT2D eigenvalue weighted by Crippen LogP contribution is 2.31. The zero-order chi connectivity index (χ0) is 17.6. The van der Waals surface area contributed by atoms with Gasteiger partial charge in [0.25, 0.3) is 0 Å². The Kier molecular flexibility index (Phi) is 6.49. The highest BCUT2D eigenvalue weighted by molar-refractivity contribution is 9.10. The zero-order valence-corrected chi connectivity index (χ0v) is 16.9. The molecule has 3 rings (SSSR count). The van der Waals surface area contributed by atoms with Crippen LogP contribution < -0.4 is 15.0 Å². The Labute approximate surface area is 163 Å². The molecule has 25 heavy (non-hydrogen) atoms. The van der Waals surface area contributed by atoms with Crippen molar-refractivity contribution in [2.24, 2.45) is 0 Å². The van der Waals surface area contributed by atoms with Gasteiger partial charge in [0.2, 0.25) is 0 Å². The van der Waals surface area contributed by atoms with Crippen molar-refractivity contribution in [3.63, 3.8) is 0 Å². The molecule has 0 unspecified atom stereocenters. The quantitative estimate of drug-likeness (QED) is 0.607. The van der Waals surface area contributed by atoms with Gasteiger partial charge in [0.1, 0.15) is 5.75 Å². The third-order valence-electron chi connectivity index (χ3n) is 4.45. The number of benzene rings is 2. The number of nitrogens with zero attached hydrogens (tertiary/aromatic N) is 1. The predicted molar refractivity (Wildman–Crippen MR) is 110 cm³/mol. The van der Waals surface area contributed by atoms with Crippen LogP contribution in [0.1, 0.15) is 31.7 Å². The lowest BCUT2D eigenvalue weighted by atomic mass is 10.1. The number of ether oxygens (including phenoxy) is 1. The molecule has 0 aliphatic carbocycles. The third kappa shape index (κ3) is 4.83. The fourth-order valence-corrected chi connectivity index (χ4v) is 3.90. The number of anilines is 2. The van der Waals surface area contributed by atoms with Crippen LogP contribution in [0.15, 0.2) is 40.9 Å². The molecule has 3 nitrogen and oxygen atoms in total. The summed E-state index contributed by atoms with van der Waals surface area (Å²) in [6, 6.07) is 12.3. The van der Waals surface area contributed by atoms with E-state index in [1.807, 2.05) is 25.1 Å². The largest absolute Gasteiger partial charge is 0.494 e. The number of halogens is 2. The SMILES string of the molecule is CCOc1ccc(Br)cc1CNc1ccc(N2CCCCC2)c(Cl)c1. The van der Waals surface area contributed by atoms with Gasteiger partial charge in [-0.15, -0.1) is 0 Å². The average molecular weight is 424 g/mol. The number of hydrogen-bond donors (Lipinski definition) is 1. The summed E-state index contributed by atoms with van der Waals surface area (Å²) in [5.74, 6) is 0.911. The van der Waals surface area contributed by atoms with Crippen molar-refractivity contribution in [2.45, 2.75) is 32.7 Å².